The molecular formula is C15H8F6N4O2. The van der Waals surface area contributed by atoms with Gasteiger partial charge in [-0.15, -0.1) is 5.10 Å². The summed E-state index contributed by atoms with van der Waals surface area (Å²) in [5, 5.41) is 8.97. The van der Waals surface area contributed by atoms with Gasteiger partial charge in [0.25, 0.3) is 5.91 Å². The van der Waals surface area contributed by atoms with Crippen LogP contribution >= 0.6 is 0 Å². The molecule has 27 heavy (non-hydrogen) atoms. The van der Waals surface area contributed by atoms with E-state index in [9.17, 15) is 31.1 Å². The van der Waals surface area contributed by atoms with Gasteiger partial charge in [0.2, 0.25) is 0 Å². The van der Waals surface area contributed by atoms with Gasteiger partial charge in [-0.3, -0.25) is 4.79 Å². The molecule has 0 aliphatic heterocycles. The van der Waals surface area contributed by atoms with Gasteiger partial charge >= 0.3 is 6.18 Å². The zero-order valence-electron chi connectivity index (χ0n) is 13.0. The average molecular weight is 390 g/mol. The first-order chi connectivity index (χ1) is 12.7. The van der Waals surface area contributed by atoms with E-state index in [1.165, 1.54) is 0 Å². The van der Waals surface area contributed by atoms with Crippen molar-refractivity contribution in [3.05, 3.63) is 53.3 Å². The van der Waals surface area contributed by atoms with Crippen LogP contribution in [0.2, 0.25) is 0 Å². The molecule has 0 aliphatic rings. The van der Waals surface area contributed by atoms with Crippen LogP contribution in [0.3, 0.4) is 0 Å². The van der Waals surface area contributed by atoms with Crippen LogP contribution in [0.25, 0.3) is 11.0 Å². The summed E-state index contributed by atoms with van der Waals surface area (Å²) < 4.78 is 77.7. The van der Waals surface area contributed by atoms with Crippen LogP contribution in [0.1, 0.15) is 5.56 Å². The van der Waals surface area contributed by atoms with Crippen LogP contribution in [0.15, 0.2) is 30.3 Å². The summed E-state index contributed by atoms with van der Waals surface area (Å²) >= 11 is 0. The number of alkyl halides is 3. The Morgan fingerprint density at radius 1 is 1.11 bits per heavy atom. The Hall–Kier alpha value is -3.31. The maximum atomic E-state index is 13.5. The summed E-state index contributed by atoms with van der Waals surface area (Å²) in [6.07, 6.45) is -4.61. The van der Waals surface area contributed by atoms with Gasteiger partial charge in [-0.05, 0) is 35.5 Å². The summed E-state index contributed by atoms with van der Waals surface area (Å²) in [7, 11) is 0. The number of nitrogens with one attached hydrogen (secondary N) is 1. The zero-order valence-corrected chi connectivity index (χ0v) is 13.0. The molecule has 0 atom stereocenters. The predicted molar refractivity (Wildman–Crippen MR) is 78.9 cm³/mol. The van der Waals surface area contributed by atoms with Gasteiger partial charge in [0.1, 0.15) is 11.0 Å². The second-order valence-electron chi connectivity index (χ2n) is 5.21. The molecule has 12 heteroatoms. The minimum Gasteiger partial charge on any atom is -0.385 e. The van der Waals surface area contributed by atoms with Crippen molar-refractivity contribution in [2.45, 2.75) is 6.18 Å². The molecule has 0 unspecified atom stereocenters. The van der Waals surface area contributed by atoms with E-state index in [2.05, 4.69) is 10.3 Å². The Bertz CT molecular complexity index is 1020. The highest BCUT2D eigenvalue weighted by Gasteiger charge is 2.31. The normalized spacial score (nSPS) is 11.6. The Balaban J connectivity index is 1.73. The summed E-state index contributed by atoms with van der Waals surface area (Å²) in [5.74, 6) is -5.80. The number of carbonyl (C=O) groups excluding carboxylic acids is 1. The Labute approximate surface area is 146 Å². The molecule has 6 nitrogen and oxygen atoms in total. The molecule has 1 heterocycles. The standard InChI is InChI=1S/C15H8F6N4O2/c16-8-2-4-10(14(18)13(8)17)22-12(26)6-27-25-11-5-7(15(19,20)21)1-3-9(11)23-24-25/h1-5H,6H2,(H,22,26). The van der Waals surface area contributed by atoms with Crippen molar-refractivity contribution >= 4 is 22.6 Å². The molecule has 0 saturated heterocycles. The lowest BCUT2D eigenvalue weighted by Gasteiger charge is -2.09. The first-order valence-electron chi connectivity index (χ1n) is 7.16. The average Bonchev–Trinajstić information content (AvgIpc) is 3.02. The Morgan fingerprint density at radius 3 is 2.56 bits per heavy atom. The fraction of sp³-hybridized carbons (Fsp3) is 0.133. The highest BCUT2D eigenvalue weighted by atomic mass is 19.4. The minimum atomic E-state index is -4.61. The molecule has 0 bridgehead atoms. The molecule has 0 aliphatic carbocycles. The number of benzene rings is 2. The molecular weight excluding hydrogens is 382 g/mol. The molecule has 0 radical (unpaired) electrons. The summed E-state index contributed by atoms with van der Waals surface area (Å²) in [6.45, 7) is -0.812. The van der Waals surface area contributed by atoms with E-state index in [1.807, 2.05) is 5.32 Å². The molecule has 0 spiro atoms. The molecule has 0 saturated carbocycles. The summed E-state index contributed by atoms with van der Waals surface area (Å²) in [6, 6.07) is 4.01. The summed E-state index contributed by atoms with van der Waals surface area (Å²) in [4.78, 5) is 17.3. The van der Waals surface area contributed by atoms with Crippen molar-refractivity contribution in [3.8, 4) is 0 Å². The van der Waals surface area contributed by atoms with Crippen LogP contribution < -0.4 is 10.2 Å². The van der Waals surface area contributed by atoms with Crippen molar-refractivity contribution in [2.24, 2.45) is 0 Å². The number of carbonyl (C=O) groups is 1. The van der Waals surface area contributed by atoms with E-state index >= 15 is 0 Å². The monoisotopic (exact) mass is 390 g/mol. The van der Waals surface area contributed by atoms with Crippen LogP contribution in [-0.2, 0) is 11.0 Å². The van der Waals surface area contributed by atoms with Gasteiger partial charge in [-0.25, -0.2) is 13.2 Å². The van der Waals surface area contributed by atoms with Crippen molar-refractivity contribution in [2.75, 3.05) is 11.9 Å². The molecule has 3 aromatic rings. The molecule has 1 N–H and O–H groups in total. The third-order valence-corrected chi connectivity index (χ3v) is 3.37. The number of fused-ring (bicyclic) bond motifs is 1. The lowest BCUT2D eigenvalue weighted by Crippen LogP contribution is -2.26. The lowest BCUT2D eigenvalue weighted by molar-refractivity contribution is -0.137. The minimum absolute atomic E-state index is 0.0788. The maximum Gasteiger partial charge on any atom is 0.416 e. The number of nitrogens with zero attached hydrogens (tertiary/aromatic N) is 3. The van der Waals surface area contributed by atoms with E-state index in [0.717, 1.165) is 24.3 Å². The number of amides is 1. The van der Waals surface area contributed by atoms with E-state index in [4.69, 9.17) is 4.84 Å². The van der Waals surface area contributed by atoms with E-state index in [1.54, 1.807) is 0 Å². The second-order valence-corrected chi connectivity index (χ2v) is 5.21. The largest absolute Gasteiger partial charge is 0.416 e. The summed E-state index contributed by atoms with van der Waals surface area (Å²) in [5.41, 5.74) is -1.69. The highest BCUT2D eigenvalue weighted by Crippen LogP contribution is 2.30. The molecule has 1 aromatic heterocycles. The number of hydrogen-bond acceptors (Lipinski definition) is 4. The fourth-order valence-electron chi connectivity index (χ4n) is 2.10. The van der Waals surface area contributed by atoms with Crippen molar-refractivity contribution < 1.29 is 36.0 Å². The second kappa shape index (κ2) is 6.78. The van der Waals surface area contributed by atoms with Gasteiger partial charge < -0.3 is 10.2 Å². The smallest absolute Gasteiger partial charge is 0.385 e. The Kier molecular flexibility index (Phi) is 4.64. The zero-order chi connectivity index (χ0) is 19.8. The SMILES string of the molecule is O=C(COn1nnc2ccc(C(F)(F)F)cc21)Nc1ccc(F)c(F)c1F. The van der Waals surface area contributed by atoms with Crippen LogP contribution in [0, 0.1) is 17.5 Å². The first kappa shape index (κ1) is 18.5. The predicted octanol–water partition coefficient (Wildman–Crippen LogP) is 2.93. The quantitative estimate of drug-likeness (QED) is 0.550. The van der Waals surface area contributed by atoms with E-state index < -0.39 is 47.4 Å². The molecule has 142 valence electrons. The number of hydrogen-bond donors (Lipinski definition) is 1. The van der Waals surface area contributed by atoms with E-state index in [-0.39, 0.29) is 11.0 Å². The van der Waals surface area contributed by atoms with E-state index in [0.29, 0.717) is 10.9 Å². The molecule has 0 fully saturated rings. The van der Waals surface area contributed by atoms with Gasteiger partial charge in [0.15, 0.2) is 24.1 Å². The molecule has 3 rings (SSSR count). The van der Waals surface area contributed by atoms with Crippen molar-refractivity contribution in [3.63, 3.8) is 0 Å². The highest BCUT2D eigenvalue weighted by molar-refractivity contribution is 5.91. The third-order valence-electron chi connectivity index (χ3n) is 3.37. The third kappa shape index (κ3) is 3.78. The maximum absolute atomic E-state index is 13.5. The number of rotatable bonds is 4. The molecule has 2 aromatic carbocycles. The molecule has 1 amide bonds. The number of halogens is 6. The topological polar surface area (TPSA) is 69.0 Å². The van der Waals surface area contributed by atoms with Gasteiger partial charge in [0.05, 0.1) is 11.3 Å². The van der Waals surface area contributed by atoms with Gasteiger partial charge in [-0.2, -0.15) is 13.2 Å². The van der Waals surface area contributed by atoms with Gasteiger partial charge in [-0.1, -0.05) is 4.85 Å². The van der Waals surface area contributed by atoms with Crippen molar-refractivity contribution in [1.29, 1.82) is 0 Å². The lowest BCUT2D eigenvalue weighted by atomic mass is 10.2. The number of anilines is 1. The van der Waals surface area contributed by atoms with Gasteiger partial charge in [0, 0.05) is 0 Å². The van der Waals surface area contributed by atoms with Crippen molar-refractivity contribution in [1.82, 2.24) is 15.2 Å². The fourth-order valence-corrected chi connectivity index (χ4v) is 2.10. The van der Waals surface area contributed by atoms with Crippen LogP contribution in [0.4, 0.5) is 32.0 Å². The van der Waals surface area contributed by atoms with Crippen LogP contribution in [0.5, 0.6) is 0 Å². The Morgan fingerprint density at radius 2 is 1.85 bits per heavy atom. The number of aromatic nitrogens is 3. The first-order valence-corrected chi connectivity index (χ1v) is 7.16. The van der Waals surface area contributed by atoms with Crippen LogP contribution in [-0.4, -0.2) is 27.7 Å².